The first-order valence-electron chi connectivity index (χ1n) is 3.92. The Morgan fingerprint density at radius 3 is 2.92 bits per heavy atom. The van der Waals surface area contributed by atoms with Crippen LogP contribution in [-0.4, -0.2) is 17.6 Å². The van der Waals surface area contributed by atoms with Crippen LogP contribution in [0, 0.1) is 6.92 Å². The van der Waals surface area contributed by atoms with E-state index in [1.807, 2.05) is 29.8 Å². The van der Waals surface area contributed by atoms with Crippen LogP contribution in [0.3, 0.4) is 0 Å². The fraction of sp³-hybridized carbons (Fsp3) is 0.444. The first kappa shape index (κ1) is 8.84. The Balaban J connectivity index is 2.43. The van der Waals surface area contributed by atoms with Crippen molar-refractivity contribution in [3.05, 3.63) is 24.0 Å². The van der Waals surface area contributed by atoms with Crippen LogP contribution in [0.25, 0.3) is 0 Å². The predicted octanol–water partition coefficient (Wildman–Crippen LogP) is 1.36. The van der Waals surface area contributed by atoms with Gasteiger partial charge in [0.05, 0.1) is 13.5 Å². The van der Waals surface area contributed by atoms with Crippen molar-refractivity contribution in [3.8, 4) is 0 Å². The topological polar surface area (TPSA) is 31.2 Å². The Morgan fingerprint density at radius 1 is 1.67 bits per heavy atom. The molecule has 66 valence electrons. The minimum Gasteiger partial charge on any atom is -0.469 e. The molecule has 0 saturated heterocycles. The second-order valence-corrected chi connectivity index (χ2v) is 2.67. The third-order valence-electron chi connectivity index (χ3n) is 1.84. The number of aromatic nitrogens is 1. The van der Waals surface area contributed by atoms with Crippen molar-refractivity contribution >= 4 is 5.97 Å². The van der Waals surface area contributed by atoms with Crippen molar-refractivity contribution in [3.63, 3.8) is 0 Å². The molecule has 0 radical (unpaired) electrons. The maximum absolute atomic E-state index is 10.8. The third kappa shape index (κ3) is 2.12. The SMILES string of the molecule is COC(=O)CCn1cccc1C. The summed E-state index contributed by atoms with van der Waals surface area (Å²) < 4.78 is 6.56. The molecule has 3 nitrogen and oxygen atoms in total. The molecule has 0 aliphatic carbocycles. The van der Waals surface area contributed by atoms with Crippen molar-refractivity contribution in [1.82, 2.24) is 4.57 Å². The van der Waals surface area contributed by atoms with Gasteiger partial charge in [-0.15, -0.1) is 0 Å². The summed E-state index contributed by atoms with van der Waals surface area (Å²) >= 11 is 0. The Bertz CT molecular complexity index is 265. The Hall–Kier alpha value is -1.25. The molecule has 1 heterocycles. The van der Waals surface area contributed by atoms with Gasteiger partial charge in [0, 0.05) is 18.4 Å². The van der Waals surface area contributed by atoms with Crippen molar-refractivity contribution in [2.75, 3.05) is 7.11 Å². The number of hydrogen-bond donors (Lipinski definition) is 0. The standard InChI is InChI=1S/C9H13NO2/c1-8-4-3-6-10(8)7-5-9(11)12-2/h3-4,6H,5,7H2,1-2H3. The number of ether oxygens (including phenoxy) is 1. The molecule has 0 atom stereocenters. The van der Waals surface area contributed by atoms with Crippen LogP contribution in [0.1, 0.15) is 12.1 Å². The molecule has 0 bridgehead atoms. The Kier molecular flexibility index (Phi) is 2.91. The highest BCUT2D eigenvalue weighted by atomic mass is 16.5. The smallest absolute Gasteiger partial charge is 0.307 e. The zero-order valence-corrected chi connectivity index (χ0v) is 7.41. The highest BCUT2D eigenvalue weighted by Crippen LogP contribution is 2.01. The Morgan fingerprint density at radius 2 is 2.42 bits per heavy atom. The first-order valence-corrected chi connectivity index (χ1v) is 3.92. The lowest BCUT2D eigenvalue weighted by atomic mass is 10.4. The highest BCUT2D eigenvalue weighted by Gasteiger charge is 2.00. The van der Waals surface area contributed by atoms with E-state index in [0.717, 1.165) is 0 Å². The van der Waals surface area contributed by atoms with Gasteiger partial charge in [-0.3, -0.25) is 4.79 Å². The van der Waals surface area contributed by atoms with Gasteiger partial charge >= 0.3 is 5.97 Å². The van der Waals surface area contributed by atoms with Crippen molar-refractivity contribution < 1.29 is 9.53 Å². The van der Waals surface area contributed by atoms with Gasteiger partial charge in [0.15, 0.2) is 0 Å². The van der Waals surface area contributed by atoms with Crippen molar-refractivity contribution in [1.29, 1.82) is 0 Å². The lowest BCUT2D eigenvalue weighted by Gasteiger charge is -2.03. The molecular weight excluding hydrogens is 154 g/mol. The summed E-state index contributed by atoms with van der Waals surface area (Å²) in [6.07, 6.45) is 2.39. The molecule has 12 heavy (non-hydrogen) atoms. The van der Waals surface area contributed by atoms with Crippen molar-refractivity contribution in [2.45, 2.75) is 19.9 Å². The van der Waals surface area contributed by atoms with E-state index in [1.165, 1.54) is 12.8 Å². The van der Waals surface area contributed by atoms with E-state index in [0.29, 0.717) is 13.0 Å². The van der Waals surface area contributed by atoms with Gasteiger partial charge in [0.2, 0.25) is 0 Å². The molecule has 0 aliphatic rings. The number of methoxy groups -OCH3 is 1. The fourth-order valence-corrected chi connectivity index (χ4v) is 1.06. The average Bonchev–Trinajstić information content (AvgIpc) is 2.47. The summed E-state index contributed by atoms with van der Waals surface area (Å²) in [5, 5.41) is 0. The average molecular weight is 167 g/mol. The fourth-order valence-electron chi connectivity index (χ4n) is 1.06. The molecule has 0 fully saturated rings. The second kappa shape index (κ2) is 3.95. The molecular formula is C9H13NO2. The third-order valence-corrected chi connectivity index (χ3v) is 1.84. The van der Waals surface area contributed by atoms with Crippen molar-refractivity contribution in [2.24, 2.45) is 0 Å². The zero-order chi connectivity index (χ0) is 8.97. The van der Waals surface area contributed by atoms with E-state index in [-0.39, 0.29) is 5.97 Å². The largest absolute Gasteiger partial charge is 0.469 e. The van der Waals surface area contributed by atoms with E-state index in [2.05, 4.69) is 4.74 Å². The molecule has 1 rings (SSSR count). The number of aryl methyl sites for hydroxylation is 2. The van der Waals surface area contributed by atoms with Crippen LogP contribution in [0.15, 0.2) is 18.3 Å². The summed E-state index contributed by atoms with van der Waals surface area (Å²) in [5.41, 5.74) is 1.17. The van der Waals surface area contributed by atoms with Gasteiger partial charge in [-0.1, -0.05) is 0 Å². The minimum atomic E-state index is -0.164. The van der Waals surface area contributed by atoms with Crippen LogP contribution in [0.2, 0.25) is 0 Å². The Labute approximate surface area is 72.0 Å². The van der Waals surface area contributed by atoms with Gasteiger partial charge in [-0.05, 0) is 19.1 Å². The molecule has 3 heteroatoms. The van der Waals surface area contributed by atoms with Crippen LogP contribution < -0.4 is 0 Å². The van der Waals surface area contributed by atoms with Gasteiger partial charge < -0.3 is 9.30 Å². The highest BCUT2D eigenvalue weighted by molar-refractivity contribution is 5.68. The zero-order valence-electron chi connectivity index (χ0n) is 7.41. The molecule has 0 saturated carbocycles. The molecule has 0 unspecified atom stereocenters. The van der Waals surface area contributed by atoms with E-state index in [9.17, 15) is 4.79 Å². The van der Waals surface area contributed by atoms with E-state index < -0.39 is 0 Å². The molecule has 0 amide bonds. The quantitative estimate of drug-likeness (QED) is 0.636. The van der Waals surface area contributed by atoms with Crippen LogP contribution >= 0.6 is 0 Å². The van der Waals surface area contributed by atoms with Gasteiger partial charge in [-0.2, -0.15) is 0 Å². The van der Waals surface area contributed by atoms with E-state index >= 15 is 0 Å². The summed E-state index contributed by atoms with van der Waals surface area (Å²) in [6.45, 7) is 2.71. The van der Waals surface area contributed by atoms with Gasteiger partial charge in [-0.25, -0.2) is 0 Å². The maximum atomic E-state index is 10.8. The molecule has 1 aromatic rings. The first-order chi connectivity index (χ1) is 5.74. The molecule has 1 aromatic heterocycles. The molecule has 0 N–H and O–H groups in total. The number of rotatable bonds is 3. The number of carbonyl (C=O) groups is 1. The predicted molar refractivity (Wildman–Crippen MR) is 45.8 cm³/mol. The van der Waals surface area contributed by atoms with Gasteiger partial charge in [0.25, 0.3) is 0 Å². The normalized spacial score (nSPS) is 9.83. The van der Waals surface area contributed by atoms with E-state index in [1.54, 1.807) is 0 Å². The summed E-state index contributed by atoms with van der Waals surface area (Å²) in [4.78, 5) is 10.8. The summed E-state index contributed by atoms with van der Waals surface area (Å²) in [6, 6.07) is 3.98. The monoisotopic (exact) mass is 167 g/mol. The summed E-state index contributed by atoms with van der Waals surface area (Å²) in [7, 11) is 1.41. The van der Waals surface area contributed by atoms with E-state index in [4.69, 9.17) is 0 Å². The molecule has 0 aromatic carbocycles. The number of carbonyl (C=O) groups excluding carboxylic acids is 1. The van der Waals surface area contributed by atoms with Crippen LogP contribution in [-0.2, 0) is 16.1 Å². The number of nitrogens with zero attached hydrogens (tertiary/aromatic N) is 1. The molecule has 0 aliphatic heterocycles. The lowest BCUT2D eigenvalue weighted by molar-refractivity contribution is -0.140. The molecule has 0 spiro atoms. The number of esters is 1. The lowest BCUT2D eigenvalue weighted by Crippen LogP contribution is -2.06. The minimum absolute atomic E-state index is 0.164. The second-order valence-electron chi connectivity index (χ2n) is 2.67. The number of hydrogen-bond acceptors (Lipinski definition) is 2. The van der Waals surface area contributed by atoms with Gasteiger partial charge in [0.1, 0.15) is 0 Å². The van der Waals surface area contributed by atoms with Crippen LogP contribution in [0.4, 0.5) is 0 Å². The summed E-state index contributed by atoms with van der Waals surface area (Å²) in [5.74, 6) is -0.164. The van der Waals surface area contributed by atoms with Crippen LogP contribution in [0.5, 0.6) is 0 Å². The maximum Gasteiger partial charge on any atom is 0.307 e.